The summed E-state index contributed by atoms with van der Waals surface area (Å²) in [7, 11) is 0. The molecule has 9 nitrogen and oxygen atoms in total. The number of likely N-dealkylation sites (tertiary alicyclic amines) is 1. The van der Waals surface area contributed by atoms with E-state index in [1.165, 1.54) is 19.4 Å². The molecule has 2 N–H and O–H groups in total. The largest absolute Gasteiger partial charge is 0.490 e. The first-order valence-electron chi connectivity index (χ1n) is 12.1. The summed E-state index contributed by atoms with van der Waals surface area (Å²) in [6.07, 6.45) is -5.32. The van der Waals surface area contributed by atoms with Gasteiger partial charge < -0.3 is 24.7 Å². The first-order valence-corrected chi connectivity index (χ1v) is 12.1. The fourth-order valence-electron chi connectivity index (χ4n) is 4.34. The molecular formula is C24H31F6N3O6. The van der Waals surface area contributed by atoms with Crippen LogP contribution in [0.5, 0.6) is 0 Å². The zero-order valence-corrected chi connectivity index (χ0v) is 21.4. The maximum atomic E-state index is 12.5. The molecule has 3 fully saturated rings. The number of carbonyl (C=O) groups is 3. The number of carbonyl (C=O) groups excluding carboxylic acids is 1. The number of morpholine rings is 1. The first kappa shape index (κ1) is 32.3. The molecule has 1 unspecified atom stereocenters. The van der Waals surface area contributed by atoms with Crippen molar-refractivity contribution in [1.82, 2.24) is 14.8 Å². The molecule has 3 aliphatic rings. The van der Waals surface area contributed by atoms with E-state index in [1.807, 2.05) is 30.0 Å². The van der Waals surface area contributed by atoms with Gasteiger partial charge in [-0.1, -0.05) is 6.07 Å². The minimum absolute atomic E-state index is 0.0850. The van der Waals surface area contributed by atoms with Crippen LogP contribution in [0.15, 0.2) is 18.2 Å². The minimum atomic E-state index is -5.08. The second-order valence-corrected chi connectivity index (χ2v) is 9.67. The summed E-state index contributed by atoms with van der Waals surface area (Å²) in [6.45, 7) is 8.36. The quantitative estimate of drug-likeness (QED) is 0.526. The molecule has 39 heavy (non-hydrogen) atoms. The van der Waals surface area contributed by atoms with Crippen LogP contribution in [0.1, 0.15) is 44.0 Å². The van der Waals surface area contributed by atoms with E-state index in [1.54, 1.807) is 0 Å². The number of hydrogen-bond acceptors (Lipinski definition) is 6. The lowest BCUT2D eigenvalue weighted by Crippen LogP contribution is -2.63. The number of rotatable bonds is 4. The van der Waals surface area contributed by atoms with Gasteiger partial charge in [0.25, 0.3) is 0 Å². The SMILES string of the molecule is Cc1cccc(CN2C(=O)COC3(CCN(CC4CC4)CC3)C2C)n1.O=C(O)C(F)(F)F.O=C(O)C(F)(F)F. The second kappa shape index (κ2) is 12.9. The molecule has 1 spiro atoms. The monoisotopic (exact) mass is 571 g/mol. The van der Waals surface area contributed by atoms with Gasteiger partial charge in [-0.05, 0) is 57.6 Å². The van der Waals surface area contributed by atoms with Crippen LogP contribution in [0.3, 0.4) is 0 Å². The highest BCUT2D eigenvalue weighted by molar-refractivity contribution is 5.78. The molecule has 1 aromatic heterocycles. The van der Waals surface area contributed by atoms with Gasteiger partial charge in [0.2, 0.25) is 5.91 Å². The zero-order valence-electron chi connectivity index (χ0n) is 21.4. The molecule has 2 aliphatic heterocycles. The van der Waals surface area contributed by atoms with E-state index in [2.05, 4.69) is 16.8 Å². The number of halogens is 6. The molecule has 4 rings (SSSR count). The molecule has 1 amide bonds. The maximum Gasteiger partial charge on any atom is 0.490 e. The summed E-state index contributed by atoms with van der Waals surface area (Å²) in [5.41, 5.74) is 1.77. The lowest BCUT2D eigenvalue weighted by Gasteiger charge is -2.51. The summed E-state index contributed by atoms with van der Waals surface area (Å²) in [5.74, 6) is -4.49. The predicted molar refractivity (Wildman–Crippen MR) is 123 cm³/mol. The van der Waals surface area contributed by atoms with Crippen molar-refractivity contribution in [2.45, 2.75) is 70.1 Å². The van der Waals surface area contributed by atoms with E-state index in [4.69, 9.17) is 24.5 Å². The highest BCUT2D eigenvalue weighted by atomic mass is 19.4. The van der Waals surface area contributed by atoms with Crippen LogP contribution < -0.4 is 0 Å². The lowest BCUT2D eigenvalue weighted by molar-refractivity contribution is -0.193. The number of ether oxygens (including phenoxy) is 1. The van der Waals surface area contributed by atoms with Crippen LogP contribution in [0.25, 0.3) is 0 Å². The standard InChI is InChI=1S/C20H29N3O2.2C2HF3O2/c1-15-4-3-5-18(21-15)13-23-16(2)20(25-14-19(23)24)8-10-22(11-9-20)12-17-6-7-17;2*3-2(4,5)1(6)7/h3-5,16-17H,6-14H2,1-2H3;2*(H,6,7). The van der Waals surface area contributed by atoms with Crippen molar-refractivity contribution in [3.63, 3.8) is 0 Å². The average Bonchev–Trinajstić information content (AvgIpc) is 3.64. The third-order valence-corrected chi connectivity index (χ3v) is 6.71. The molecule has 0 radical (unpaired) electrons. The molecule has 1 atom stereocenters. The molecule has 15 heteroatoms. The number of carboxylic acids is 2. The van der Waals surface area contributed by atoms with E-state index in [0.29, 0.717) is 6.54 Å². The van der Waals surface area contributed by atoms with Crippen molar-refractivity contribution < 1.29 is 55.7 Å². The Bertz CT molecular complexity index is 983. The minimum Gasteiger partial charge on any atom is -0.475 e. The van der Waals surface area contributed by atoms with Gasteiger partial charge in [0.15, 0.2) is 0 Å². The van der Waals surface area contributed by atoms with Crippen molar-refractivity contribution in [2.75, 3.05) is 26.2 Å². The summed E-state index contributed by atoms with van der Waals surface area (Å²) in [4.78, 5) is 39.4. The second-order valence-electron chi connectivity index (χ2n) is 9.67. The Balaban J connectivity index is 0.000000317. The summed E-state index contributed by atoms with van der Waals surface area (Å²) >= 11 is 0. The molecule has 1 aliphatic carbocycles. The summed E-state index contributed by atoms with van der Waals surface area (Å²) in [5, 5.41) is 14.2. The van der Waals surface area contributed by atoms with Crippen LogP contribution in [-0.2, 0) is 25.7 Å². The van der Waals surface area contributed by atoms with E-state index in [9.17, 15) is 31.1 Å². The van der Waals surface area contributed by atoms with E-state index in [-0.39, 0.29) is 24.2 Å². The zero-order chi connectivity index (χ0) is 29.6. The van der Waals surface area contributed by atoms with Gasteiger partial charge in [0, 0.05) is 25.3 Å². The molecule has 1 aromatic rings. The van der Waals surface area contributed by atoms with Crippen LogP contribution in [0.4, 0.5) is 26.3 Å². The third-order valence-electron chi connectivity index (χ3n) is 6.71. The Hall–Kier alpha value is -2.94. The molecular weight excluding hydrogens is 540 g/mol. The normalized spacial score (nSPS) is 21.4. The number of aromatic nitrogens is 1. The van der Waals surface area contributed by atoms with E-state index < -0.39 is 24.3 Å². The van der Waals surface area contributed by atoms with E-state index in [0.717, 1.165) is 43.2 Å². The number of alkyl halides is 6. The van der Waals surface area contributed by atoms with Crippen molar-refractivity contribution >= 4 is 17.8 Å². The highest BCUT2D eigenvalue weighted by Gasteiger charge is 2.48. The number of piperidine rings is 1. The number of pyridine rings is 1. The van der Waals surface area contributed by atoms with Gasteiger partial charge in [-0.15, -0.1) is 0 Å². The molecule has 1 saturated carbocycles. The van der Waals surface area contributed by atoms with Crippen LogP contribution in [0, 0.1) is 12.8 Å². The Morgan fingerprint density at radius 3 is 2.00 bits per heavy atom. The summed E-state index contributed by atoms with van der Waals surface area (Å²) in [6, 6.07) is 6.11. The number of amides is 1. The van der Waals surface area contributed by atoms with Crippen LogP contribution in [-0.4, -0.2) is 93.1 Å². The summed E-state index contributed by atoms with van der Waals surface area (Å²) < 4.78 is 69.6. The van der Waals surface area contributed by atoms with Crippen molar-refractivity contribution in [1.29, 1.82) is 0 Å². The fourth-order valence-corrected chi connectivity index (χ4v) is 4.34. The average molecular weight is 572 g/mol. The van der Waals surface area contributed by atoms with Crippen molar-refractivity contribution in [3.05, 3.63) is 29.6 Å². The van der Waals surface area contributed by atoms with Gasteiger partial charge in [-0.3, -0.25) is 9.78 Å². The maximum absolute atomic E-state index is 12.5. The first-order chi connectivity index (χ1) is 17.9. The topological polar surface area (TPSA) is 120 Å². The highest BCUT2D eigenvalue weighted by Crippen LogP contribution is 2.38. The van der Waals surface area contributed by atoms with Crippen LogP contribution in [0.2, 0.25) is 0 Å². The Morgan fingerprint density at radius 2 is 1.56 bits per heavy atom. The smallest absolute Gasteiger partial charge is 0.475 e. The van der Waals surface area contributed by atoms with Gasteiger partial charge in [-0.25, -0.2) is 9.59 Å². The Morgan fingerprint density at radius 1 is 1.05 bits per heavy atom. The van der Waals surface area contributed by atoms with Crippen LogP contribution >= 0.6 is 0 Å². The van der Waals surface area contributed by atoms with E-state index >= 15 is 0 Å². The van der Waals surface area contributed by atoms with Crippen molar-refractivity contribution in [2.24, 2.45) is 5.92 Å². The number of aryl methyl sites for hydroxylation is 1. The predicted octanol–water partition coefficient (Wildman–Crippen LogP) is 3.65. The number of carboxylic acid groups (broad SMARTS) is 2. The lowest BCUT2D eigenvalue weighted by atomic mass is 9.82. The fraction of sp³-hybridized carbons (Fsp3) is 0.667. The number of nitrogens with zero attached hydrogens (tertiary/aromatic N) is 3. The van der Waals surface area contributed by atoms with Gasteiger partial charge >= 0.3 is 24.3 Å². The third kappa shape index (κ3) is 9.95. The Kier molecular flexibility index (Phi) is 10.7. The van der Waals surface area contributed by atoms with Crippen molar-refractivity contribution in [3.8, 4) is 0 Å². The number of hydrogen-bond donors (Lipinski definition) is 2. The molecule has 220 valence electrons. The molecule has 0 aromatic carbocycles. The van der Waals surface area contributed by atoms with Gasteiger partial charge in [0.05, 0.1) is 23.9 Å². The molecule has 3 heterocycles. The van der Waals surface area contributed by atoms with Gasteiger partial charge in [0.1, 0.15) is 6.61 Å². The molecule has 2 saturated heterocycles. The molecule has 0 bridgehead atoms. The number of aliphatic carboxylic acids is 2. The van der Waals surface area contributed by atoms with Gasteiger partial charge in [-0.2, -0.15) is 26.3 Å². The Labute approximate surface area is 220 Å².